The molecule has 1 atom stereocenters. The molecule has 0 radical (unpaired) electrons. The first-order valence-electron chi connectivity index (χ1n) is 9.11. The molecule has 0 heterocycles. The molecule has 148 valence electrons. The van der Waals surface area contributed by atoms with E-state index in [2.05, 4.69) is 10.6 Å². The van der Waals surface area contributed by atoms with E-state index in [-0.39, 0.29) is 18.2 Å². The van der Waals surface area contributed by atoms with Crippen LogP contribution in [0.4, 0.5) is 5.69 Å². The quantitative estimate of drug-likeness (QED) is 0.587. The van der Waals surface area contributed by atoms with Crippen molar-refractivity contribution in [3.8, 4) is 5.75 Å². The highest BCUT2D eigenvalue weighted by Gasteiger charge is 2.20. The summed E-state index contributed by atoms with van der Waals surface area (Å²) >= 11 is 6.14. The van der Waals surface area contributed by atoms with Gasteiger partial charge in [-0.1, -0.05) is 54.1 Å². The van der Waals surface area contributed by atoms with Crippen molar-refractivity contribution < 1.29 is 14.3 Å². The topological polar surface area (TPSA) is 67.4 Å². The van der Waals surface area contributed by atoms with Crippen molar-refractivity contribution in [1.29, 1.82) is 0 Å². The Bertz CT molecular complexity index is 975. The highest BCUT2D eigenvalue weighted by atomic mass is 35.5. The third kappa shape index (κ3) is 5.59. The summed E-state index contributed by atoms with van der Waals surface area (Å²) < 4.78 is 5.12. The summed E-state index contributed by atoms with van der Waals surface area (Å²) in [7, 11) is 1.58. The fraction of sp³-hybridized carbons (Fsp3) is 0.130. The first kappa shape index (κ1) is 20.4. The third-order valence-electron chi connectivity index (χ3n) is 4.39. The SMILES string of the molecule is COc1ccc(NC(=O)CC(NC(=O)c2ccccc2Cl)c2ccccc2)cc1. The van der Waals surface area contributed by atoms with Crippen molar-refractivity contribution in [1.82, 2.24) is 5.32 Å². The van der Waals surface area contributed by atoms with Gasteiger partial charge in [0.05, 0.1) is 30.2 Å². The van der Waals surface area contributed by atoms with Crippen LogP contribution in [0.3, 0.4) is 0 Å². The molecule has 1 unspecified atom stereocenters. The molecule has 0 spiro atoms. The van der Waals surface area contributed by atoms with E-state index in [1.807, 2.05) is 30.3 Å². The van der Waals surface area contributed by atoms with Crippen LogP contribution in [0.15, 0.2) is 78.9 Å². The maximum Gasteiger partial charge on any atom is 0.253 e. The van der Waals surface area contributed by atoms with Crippen molar-refractivity contribution in [2.75, 3.05) is 12.4 Å². The minimum atomic E-state index is -0.502. The molecule has 0 saturated heterocycles. The number of anilines is 1. The van der Waals surface area contributed by atoms with Crippen LogP contribution in [0, 0.1) is 0 Å². The molecule has 2 N–H and O–H groups in total. The van der Waals surface area contributed by atoms with Crippen molar-refractivity contribution in [3.63, 3.8) is 0 Å². The van der Waals surface area contributed by atoms with Crippen LogP contribution in [0.25, 0.3) is 0 Å². The molecule has 0 aromatic heterocycles. The average Bonchev–Trinajstić information content (AvgIpc) is 2.74. The molecule has 0 aliphatic carbocycles. The van der Waals surface area contributed by atoms with E-state index in [1.165, 1.54) is 0 Å². The van der Waals surface area contributed by atoms with Gasteiger partial charge in [0.25, 0.3) is 5.91 Å². The van der Waals surface area contributed by atoms with Gasteiger partial charge in [0.2, 0.25) is 5.91 Å². The second-order valence-corrected chi connectivity index (χ2v) is 6.80. The fourth-order valence-corrected chi connectivity index (χ4v) is 3.11. The molecular formula is C23H21ClN2O3. The number of carbonyl (C=O) groups excluding carboxylic acids is 2. The molecular weight excluding hydrogens is 388 g/mol. The molecule has 0 fully saturated rings. The molecule has 0 bridgehead atoms. The molecule has 5 nitrogen and oxygen atoms in total. The van der Waals surface area contributed by atoms with Crippen LogP contribution >= 0.6 is 11.6 Å². The van der Waals surface area contributed by atoms with Gasteiger partial charge >= 0.3 is 0 Å². The first-order valence-corrected chi connectivity index (χ1v) is 9.49. The maximum atomic E-state index is 12.7. The van der Waals surface area contributed by atoms with Gasteiger partial charge in [-0.25, -0.2) is 0 Å². The Labute approximate surface area is 174 Å². The molecule has 2 amide bonds. The number of nitrogens with one attached hydrogen (secondary N) is 2. The first-order chi connectivity index (χ1) is 14.1. The normalized spacial score (nSPS) is 11.4. The van der Waals surface area contributed by atoms with Crippen molar-refractivity contribution >= 4 is 29.1 Å². The number of rotatable bonds is 7. The molecule has 0 saturated carbocycles. The van der Waals surface area contributed by atoms with Crippen LogP contribution in [-0.2, 0) is 4.79 Å². The lowest BCUT2D eigenvalue weighted by atomic mass is 10.0. The molecule has 0 aliphatic heterocycles. The molecule has 3 aromatic rings. The standard InChI is InChI=1S/C23H21ClN2O3/c1-29-18-13-11-17(12-14-18)25-22(27)15-21(16-7-3-2-4-8-16)26-23(28)19-9-5-6-10-20(19)24/h2-14,21H,15H2,1H3,(H,25,27)(H,26,28). The lowest BCUT2D eigenvalue weighted by Gasteiger charge is -2.19. The highest BCUT2D eigenvalue weighted by Crippen LogP contribution is 2.21. The average molecular weight is 409 g/mol. The number of carbonyl (C=O) groups is 2. The zero-order valence-corrected chi connectivity index (χ0v) is 16.6. The van der Waals surface area contributed by atoms with Crippen molar-refractivity contribution in [3.05, 3.63) is 95.0 Å². The van der Waals surface area contributed by atoms with Gasteiger partial charge in [0, 0.05) is 5.69 Å². The Morgan fingerprint density at radius 2 is 1.59 bits per heavy atom. The summed E-state index contributed by atoms with van der Waals surface area (Å²) in [5.74, 6) is 0.155. The van der Waals surface area contributed by atoms with E-state index >= 15 is 0 Å². The highest BCUT2D eigenvalue weighted by molar-refractivity contribution is 6.33. The van der Waals surface area contributed by atoms with Crippen molar-refractivity contribution in [2.24, 2.45) is 0 Å². The van der Waals surface area contributed by atoms with Gasteiger partial charge in [-0.05, 0) is 42.0 Å². The summed E-state index contributed by atoms with van der Waals surface area (Å²) in [5, 5.41) is 6.13. The number of methoxy groups -OCH3 is 1. The summed E-state index contributed by atoms with van der Waals surface area (Å²) in [6.45, 7) is 0. The number of hydrogen-bond donors (Lipinski definition) is 2. The van der Waals surface area contributed by atoms with Crippen LogP contribution < -0.4 is 15.4 Å². The molecule has 3 aromatic carbocycles. The predicted molar refractivity (Wildman–Crippen MR) is 114 cm³/mol. The number of hydrogen-bond acceptors (Lipinski definition) is 3. The van der Waals surface area contributed by atoms with E-state index in [4.69, 9.17) is 16.3 Å². The van der Waals surface area contributed by atoms with Crippen molar-refractivity contribution in [2.45, 2.75) is 12.5 Å². The van der Waals surface area contributed by atoms with Gasteiger partial charge in [-0.3, -0.25) is 9.59 Å². The number of ether oxygens (including phenoxy) is 1. The van der Waals surface area contributed by atoms with Gasteiger partial charge in [0.15, 0.2) is 0 Å². The number of amides is 2. The van der Waals surface area contributed by atoms with Crippen LogP contribution in [-0.4, -0.2) is 18.9 Å². The minimum Gasteiger partial charge on any atom is -0.497 e. The van der Waals surface area contributed by atoms with E-state index < -0.39 is 6.04 Å². The van der Waals surface area contributed by atoms with Crippen LogP contribution in [0.2, 0.25) is 5.02 Å². The fourth-order valence-electron chi connectivity index (χ4n) is 2.89. The van der Waals surface area contributed by atoms with Gasteiger partial charge in [0.1, 0.15) is 5.75 Å². The van der Waals surface area contributed by atoms with Crippen LogP contribution in [0.5, 0.6) is 5.75 Å². The van der Waals surface area contributed by atoms with Crippen LogP contribution in [0.1, 0.15) is 28.4 Å². The maximum absolute atomic E-state index is 12.7. The van der Waals surface area contributed by atoms with E-state index in [9.17, 15) is 9.59 Å². The third-order valence-corrected chi connectivity index (χ3v) is 4.72. The summed E-state index contributed by atoms with van der Waals surface area (Å²) in [6.07, 6.45) is 0.0756. The molecule has 0 aliphatic rings. The minimum absolute atomic E-state index is 0.0756. The number of benzene rings is 3. The smallest absolute Gasteiger partial charge is 0.253 e. The molecule has 29 heavy (non-hydrogen) atoms. The lowest BCUT2D eigenvalue weighted by Crippen LogP contribution is -2.31. The Kier molecular flexibility index (Phi) is 6.87. The van der Waals surface area contributed by atoms with Gasteiger partial charge in [-0.15, -0.1) is 0 Å². The Hall–Kier alpha value is -3.31. The molecule has 3 rings (SSSR count). The Morgan fingerprint density at radius 3 is 2.24 bits per heavy atom. The van der Waals surface area contributed by atoms with Gasteiger partial charge < -0.3 is 15.4 Å². The monoisotopic (exact) mass is 408 g/mol. The second-order valence-electron chi connectivity index (χ2n) is 6.40. The molecule has 6 heteroatoms. The summed E-state index contributed by atoms with van der Waals surface area (Å²) in [6, 6.07) is 22.7. The zero-order chi connectivity index (χ0) is 20.6. The van der Waals surface area contributed by atoms with E-state index in [1.54, 1.807) is 55.6 Å². The van der Waals surface area contributed by atoms with Gasteiger partial charge in [-0.2, -0.15) is 0 Å². The predicted octanol–water partition coefficient (Wildman–Crippen LogP) is 4.85. The largest absolute Gasteiger partial charge is 0.497 e. The van der Waals surface area contributed by atoms with E-state index in [0.717, 1.165) is 5.56 Å². The lowest BCUT2D eigenvalue weighted by molar-refractivity contribution is -0.116. The van der Waals surface area contributed by atoms with E-state index in [0.29, 0.717) is 22.0 Å². The zero-order valence-electron chi connectivity index (χ0n) is 15.9. The summed E-state index contributed by atoms with van der Waals surface area (Å²) in [5.41, 5.74) is 1.85. The Morgan fingerprint density at radius 1 is 0.931 bits per heavy atom. The second kappa shape index (κ2) is 9.75. The summed E-state index contributed by atoms with van der Waals surface area (Å²) in [4.78, 5) is 25.3. The number of halogens is 1. The Balaban J connectivity index is 1.74.